The Morgan fingerprint density at radius 3 is 0.809 bits per heavy atom. The van der Waals surface area contributed by atoms with Gasteiger partial charge in [-0.15, -0.1) is 0 Å². The molecule has 0 amide bonds. The minimum atomic E-state index is 1.09. The van der Waals surface area contributed by atoms with E-state index >= 15 is 0 Å². The topological polar surface area (TPSA) is 6.48 Å². The van der Waals surface area contributed by atoms with E-state index in [-0.39, 0.29) is 0 Å². The minimum Gasteiger partial charge on any atom is -0.310 e. The number of nitrogens with zero attached hydrogens (tertiary/aromatic N) is 2. The van der Waals surface area contributed by atoms with Crippen molar-refractivity contribution < 1.29 is 0 Å². The Morgan fingerprint density at radius 1 is 0.206 bits per heavy atom. The predicted molar refractivity (Wildman–Crippen MR) is 292 cm³/mol. The summed E-state index contributed by atoms with van der Waals surface area (Å²) in [4.78, 5) is 4.71. The lowest BCUT2D eigenvalue weighted by Gasteiger charge is -2.27. The molecule has 2 heteroatoms. The molecule has 11 rings (SSSR count). The lowest BCUT2D eigenvalue weighted by molar-refractivity contribution is 1.28. The molecule has 0 bridgehead atoms. The summed E-state index contributed by atoms with van der Waals surface area (Å²) in [7, 11) is 0. The van der Waals surface area contributed by atoms with E-state index in [2.05, 4.69) is 289 Å². The third-order valence-corrected chi connectivity index (χ3v) is 12.6. The predicted octanol–water partition coefficient (Wildman–Crippen LogP) is 18.6. The Hall–Kier alpha value is -8.98. The zero-order chi connectivity index (χ0) is 45.5. The highest BCUT2D eigenvalue weighted by atomic mass is 15.1. The third-order valence-electron chi connectivity index (χ3n) is 12.6. The van der Waals surface area contributed by atoms with Crippen molar-refractivity contribution in [3.05, 3.63) is 289 Å². The van der Waals surface area contributed by atoms with Gasteiger partial charge in [0.2, 0.25) is 0 Å². The molecule has 0 N–H and O–H groups in total. The van der Waals surface area contributed by atoms with E-state index in [1.165, 1.54) is 43.8 Å². The maximum absolute atomic E-state index is 2.35. The van der Waals surface area contributed by atoms with Crippen LogP contribution in [0, 0.1) is 0 Å². The van der Waals surface area contributed by atoms with Gasteiger partial charge in [0.25, 0.3) is 0 Å². The Kier molecular flexibility index (Phi) is 11.8. The molecule has 0 saturated carbocycles. The fourth-order valence-corrected chi connectivity index (χ4v) is 9.38. The molecular formula is C66H48N2. The van der Waals surface area contributed by atoms with Gasteiger partial charge in [0.05, 0.1) is 0 Å². The highest BCUT2D eigenvalue weighted by molar-refractivity contribution is 6.21. The molecule has 0 radical (unpaired) electrons. The van der Waals surface area contributed by atoms with Crippen molar-refractivity contribution in [3.63, 3.8) is 0 Å². The van der Waals surface area contributed by atoms with E-state index in [1.54, 1.807) is 0 Å². The van der Waals surface area contributed by atoms with E-state index in [0.29, 0.717) is 0 Å². The number of hydrogen-bond donors (Lipinski definition) is 0. The first-order valence-electron chi connectivity index (χ1n) is 23.2. The summed E-state index contributed by atoms with van der Waals surface area (Å²) in [6, 6.07) is 95.8. The van der Waals surface area contributed by atoms with Gasteiger partial charge in [-0.05, 0) is 139 Å². The molecule has 11 aromatic carbocycles. The summed E-state index contributed by atoms with van der Waals surface area (Å²) < 4.78 is 0. The molecule has 322 valence electrons. The van der Waals surface area contributed by atoms with Gasteiger partial charge in [0.1, 0.15) is 0 Å². The van der Waals surface area contributed by atoms with Crippen LogP contribution in [0.25, 0.3) is 68.1 Å². The molecule has 2 nitrogen and oxygen atoms in total. The number of rotatable bonds is 12. The van der Waals surface area contributed by atoms with E-state index < -0.39 is 0 Å². The first-order chi connectivity index (χ1) is 33.7. The normalized spacial score (nSPS) is 11.4. The van der Waals surface area contributed by atoms with Crippen LogP contribution < -0.4 is 9.80 Å². The van der Waals surface area contributed by atoms with Gasteiger partial charge in [-0.25, -0.2) is 0 Å². The van der Waals surface area contributed by atoms with E-state index in [4.69, 9.17) is 0 Å². The number of anilines is 6. The van der Waals surface area contributed by atoms with Crippen molar-refractivity contribution in [2.45, 2.75) is 0 Å². The average Bonchev–Trinajstić information content (AvgIpc) is 3.41. The van der Waals surface area contributed by atoms with Gasteiger partial charge in [-0.1, -0.05) is 218 Å². The van der Waals surface area contributed by atoms with E-state index in [0.717, 1.165) is 56.4 Å². The fourth-order valence-electron chi connectivity index (χ4n) is 9.38. The average molecular weight is 869 g/mol. The first kappa shape index (κ1) is 41.7. The van der Waals surface area contributed by atoms with Gasteiger partial charge in [-0.2, -0.15) is 0 Å². The Balaban J connectivity index is 0.997. The standard InChI is InChI=1S/C66H48N2/c1-5-19-49(20-6-1)35-37-51-39-43-57(44-40-51)67(55-25-9-3-10-26-55)59-29-17-23-53(47-59)65-61-31-13-15-33-63(61)66(64-34-16-14-32-62(64)65)54-24-18-30-60(48-54)68(56-27-11-4-12-28-56)58-45-41-52(42-46-58)38-36-50-21-7-2-8-22-50/h1-48H/b37-35+,38-36+. The zero-order valence-corrected chi connectivity index (χ0v) is 37.6. The minimum absolute atomic E-state index is 1.09. The van der Waals surface area contributed by atoms with Crippen LogP contribution in [0.3, 0.4) is 0 Å². The Labute approximate surface area is 399 Å². The molecule has 0 spiro atoms. The highest BCUT2D eigenvalue weighted by Crippen LogP contribution is 2.46. The zero-order valence-electron chi connectivity index (χ0n) is 37.6. The molecule has 0 atom stereocenters. The van der Waals surface area contributed by atoms with Gasteiger partial charge < -0.3 is 9.80 Å². The molecular weight excluding hydrogens is 821 g/mol. The molecule has 0 unspecified atom stereocenters. The van der Waals surface area contributed by atoms with Gasteiger partial charge >= 0.3 is 0 Å². The molecule has 0 fully saturated rings. The van der Waals surface area contributed by atoms with Crippen LogP contribution in [0.15, 0.2) is 267 Å². The first-order valence-corrected chi connectivity index (χ1v) is 23.2. The van der Waals surface area contributed by atoms with Gasteiger partial charge in [-0.3, -0.25) is 0 Å². The summed E-state index contributed by atoms with van der Waals surface area (Å²) in [6.07, 6.45) is 8.67. The molecule has 68 heavy (non-hydrogen) atoms. The highest BCUT2D eigenvalue weighted by Gasteiger charge is 2.20. The van der Waals surface area contributed by atoms with E-state index in [1.807, 2.05) is 12.1 Å². The van der Waals surface area contributed by atoms with Crippen LogP contribution in [0.4, 0.5) is 34.1 Å². The summed E-state index contributed by atoms with van der Waals surface area (Å²) in [5.41, 5.74) is 16.0. The summed E-state index contributed by atoms with van der Waals surface area (Å²) >= 11 is 0. The molecule has 0 aliphatic rings. The molecule has 0 saturated heterocycles. The smallest absolute Gasteiger partial charge is 0.0467 e. The van der Waals surface area contributed by atoms with Crippen LogP contribution in [0.5, 0.6) is 0 Å². The largest absolute Gasteiger partial charge is 0.310 e. The molecule has 0 heterocycles. The molecule has 0 aromatic heterocycles. The van der Waals surface area contributed by atoms with Crippen LogP contribution in [-0.4, -0.2) is 0 Å². The third kappa shape index (κ3) is 8.75. The van der Waals surface area contributed by atoms with Crippen molar-refractivity contribution in [3.8, 4) is 22.3 Å². The number of para-hydroxylation sites is 2. The van der Waals surface area contributed by atoms with Gasteiger partial charge in [0.15, 0.2) is 0 Å². The summed E-state index contributed by atoms with van der Waals surface area (Å²) in [5.74, 6) is 0. The second-order valence-electron chi connectivity index (χ2n) is 17.0. The monoisotopic (exact) mass is 868 g/mol. The maximum Gasteiger partial charge on any atom is 0.0467 e. The Morgan fingerprint density at radius 2 is 0.471 bits per heavy atom. The molecule has 0 aliphatic carbocycles. The van der Waals surface area contributed by atoms with Crippen LogP contribution in [-0.2, 0) is 0 Å². The second-order valence-corrected chi connectivity index (χ2v) is 17.0. The summed E-state index contributed by atoms with van der Waals surface area (Å²) in [6.45, 7) is 0. The number of benzene rings is 11. The summed E-state index contributed by atoms with van der Waals surface area (Å²) in [5, 5.41) is 4.85. The SMILES string of the molecule is C(=C\c1ccc(N(c2ccccc2)c2cccc(-c3c4ccccc4c(-c4cccc(N(c5ccccc5)c5ccc(/C=C/c6ccccc6)cc5)c4)c4ccccc34)c2)cc1)/c1ccccc1. The van der Waals surface area contributed by atoms with Gasteiger partial charge in [0, 0.05) is 34.1 Å². The van der Waals surface area contributed by atoms with Crippen molar-refractivity contribution in [1.29, 1.82) is 0 Å². The second kappa shape index (κ2) is 19.2. The molecule has 0 aliphatic heterocycles. The van der Waals surface area contributed by atoms with E-state index in [9.17, 15) is 0 Å². The number of hydrogen-bond acceptors (Lipinski definition) is 2. The molecule has 11 aromatic rings. The van der Waals surface area contributed by atoms with Crippen LogP contribution in [0.1, 0.15) is 22.3 Å². The van der Waals surface area contributed by atoms with Crippen LogP contribution >= 0.6 is 0 Å². The van der Waals surface area contributed by atoms with Crippen molar-refractivity contribution >= 4 is 80.0 Å². The quantitative estimate of drug-likeness (QED) is 0.0892. The fraction of sp³-hybridized carbons (Fsp3) is 0. The van der Waals surface area contributed by atoms with Crippen molar-refractivity contribution in [2.24, 2.45) is 0 Å². The lowest BCUT2D eigenvalue weighted by Crippen LogP contribution is -2.10. The number of fused-ring (bicyclic) bond motifs is 2. The Bertz CT molecular complexity index is 3230. The maximum atomic E-state index is 2.35. The van der Waals surface area contributed by atoms with Crippen LogP contribution in [0.2, 0.25) is 0 Å². The van der Waals surface area contributed by atoms with Crippen molar-refractivity contribution in [1.82, 2.24) is 0 Å². The lowest BCUT2D eigenvalue weighted by atomic mass is 9.85. The van der Waals surface area contributed by atoms with Crippen molar-refractivity contribution in [2.75, 3.05) is 9.80 Å².